The molecule has 26 heavy (non-hydrogen) atoms. The van der Waals surface area contributed by atoms with Gasteiger partial charge >= 0.3 is 12.1 Å². The highest BCUT2D eigenvalue weighted by molar-refractivity contribution is 5.84. The number of rotatable bonds is 6. The number of carboxylic acid groups (broad SMARTS) is 1. The highest BCUT2D eigenvalue weighted by Crippen LogP contribution is 2.33. The Morgan fingerprint density at radius 1 is 1.31 bits per heavy atom. The predicted molar refractivity (Wildman–Crippen MR) is 89.4 cm³/mol. The maximum Gasteiger partial charge on any atom is 0.416 e. The summed E-state index contributed by atoms with van der Waals surface area (Å²) in [6, 6.07) is 3.93. The Morgan fingerprint density at radius 2 is 1.96 bits per heavy atom. The third-order valence-corrected chi connectivity index (χ3v) is 4.79. The van der Waals surface area contributed by atoms with E-state index in [0.29, 0.717) is 26.1 Å². The molecule has 1 amide bonds. The van der Waals surface area contributed by atoms with Crippen molar-refractivity contribution in [2.75, 3.05) is 26.2 Å². The number of likely N-dealkylation sites (N-methyl/N-ethyl adjacent to an activating group) is 1. The van der Waals surface area contributed by atoms with E-state index in [1.807, 2.05) is 13.8 Å². The van der Waals surface area contributed by atoms with E-state index in [4.69, 9.17) is 5.11 Å². The quantitative estimate of drug-likeness (QED) is 0.834. The summed E-state index contributed by atoms with van der Waals surface area (Å²) in [4.78, 5) is 27.4. The smallest absolute Gasteiger partial charge is 0.416 e. The van der Waals surface area contributed by atoms with Crippen molar-refractivity contribution in [1.82, 2.24) is 9.80 Å². The fraction of sp³-hybridized carbons (Fsp3) is 0.556. The zero-order chi connectivity index (χ0) is 19.5. The number of hydrogen-bond donors (Lipinski definition) is 1. The Kier molecular flexibility index (Phi) is 6.28. The van der Waals surface area contributed by atoms with E-state index in [9.17, 15) is 22.8 Å². The molecule has 1 fully saturated rings. The lowest BCUT2D eigenvalue weighted by Gasteiger charge is -2.32. The van der Waals surface area contributed by atoms with E-state index in [2.05, 4.69) is 0 Å². The molecule has 1 saturated heterocycles. The summed E-state index contributed by atoms with van der Waals surface area (Å²) in [5.41, 5.74) is -0.530. The van der Waals surface area contributed by atoms with Crippen molar-refractivity contribution in [2.45, 2.75) is 32.5 Å². The molecule has 1 heterocycles. The molecule has 0 spiro atoms. The van der Waals surface area contributed by atoms with Crippen molar-refractivity contribution in [3.05, 3.63) is 35.4 Å². The van der Waals surface area contributed by atoms with Crippen LogP contribution in [0.1, 0.15) is 37.4 Å². The van der Waals surface area contributed by atoms with Gasteiger partial charge in [0.15, 0.2) is 0 Å². The minimum absolute atomic E-state index is 0.0882. The minimum atomic E-state index is -4.49. The van der Waals surface area contributed by atoms with E-state index in [-0.39, 0.29) is 18.0 Å². The van der Waals surface area contributed by atoms with Crippen molar-refractivity contribution in [3.63, 3.8) is 0 Å². The van der Waals surface area contributed by atoms with Crippen LogP contribution >= 0.6 is 0 Å². The van der Waals surface area contributed by atoms with Crippen LogP contribution in [0.5, 0.6) is 0 Å². The summed E-state index contributed by atoms with van der Waals surface area (Å²) >= 11 is 0. The lowest BCUT2D eigenvalue weighted by molar-refractivity contribution is -0.142. The Morgan fingerprint density at radius 3 is 2.46 bits per heavy atom. The Labute approximate surface area is 150 Å². The number of carbonyl (C=O) groups is 2. The van der Waals surface area contributed by atoms with Crippen LogP contribution in [0.25, 0.3) is 0 Å². The SMILES string of the molecule is CCN(CC)[C@@H](C(=O)N1CC[C@@H](C(=O)O)C1)c1cccc(C(F)(F)F)c1. The Hall–Kier alpha value is -2.09. The molecule has 2 atom stereocenters. The van der Waals surface area contributed by atoms with Crippen LogP contribution in [0.2, 0.25) is 0 Å². The topological polar surface area (TPSA) is 60.9 Å². The van der Waals surface area contributed by atoms with Gasteiger partial charge in [-0.3, -0.25) is 14.5 Å². The average Bonchev–Trinajstić information content (AvgIpc) is 3.09. The number of carbonyl (C=O) groups excluding carboxylic acids is 1. The number of aliphatic carboxylic acids is 1. The second kappa shape index (κ2) is 8.07. The molecule has 5 nitrogen and oxygen atoms in total. The average molecular weight is 372 g/mol. The monoisotopic (exact) mass is 372 g/mol. The predicted octanol–water partition coefficient (Wildman–Crippen LogP) is 3.02. The third-order valence-electron chi connectivity index (χ3n) is 4.79. The summed E-state index contributed by atoms with van der Waals surface area (Å²) in [5, 5.41) is 9.12. The van der Waals surface area contributed by atoms with Gasteiger partial charge in [-0.1, -0.05) is 26.0 Å². The highest BCUT2D eigenvalue weighted by Gasteiger charge is 2.37. The number of carboxylic acids is 1. The van der Waals surface area contributed by atoms with E-state index in [0.717, 1.165) is 12.1 Å². The van der Waals surface area contributed by atoms with Gasteiger partial charge in [-0.2, -0.15) is 13.2 Å². The number of halogens is 3. The van der Waals surface area contributed by atoms with Crippen LogP contribution in [0, 0.1) is 5.92 Å². The molecule has 1 aromatic rings. The second-order valence-corrected chi connectivity index (χ2v) is 6.36. The van der Waals surface area contributed by atoms with Gasteiger partial charge in [0, 0.05) is 13.1 Å². The van der Waals surface area contributed by atoms with Gasteiger partial charge in [0.2, 0.25) is 5.91 Å². The largest absolute Gasteiger partial charge is 0.481 e. The number of likely N-dealkylation sites (tertiary alicyclic amines) is 1. The van der Waals surface area contributed by atoms with E-state index in [1.54, 1.807) is 4.90 Å². The standard InChI is InChI=1S/C18H23F3N2O3/c1-3-22(4-2)15(12-6-5-7-14(10-12)18(19,20)21)16(24)23-9-8-13(11-23)17(25)26/h5-7,10,13,15H,3-4,8-9,11H2,1-2H3,(H,25,26)/t13-,15-/m1/s1. The Bertz CT molecular complexity index is 659. The first-order valence-corrected chi connectivity index (χ1v) is 8.61. The molecule has 8 heteroatoms. The molecule has 0 saturated carbocycles. The molecular formula is C18H23F3N2O3. The molecule has 144 valence electrons. The minimum Gasteiger partial charge on any atom is -0.481 e. The first-order chi connectivity index (χ1) is 12.2. The van der Waals surface area contributed by atoms with Crippen LogP contribution in [0.4, 0.5) is 13.2 Å². The van der Waals surface area contributed by atoms with Crippen molar-refractivity contribution in [2.24, 2.45) is 5.92 Å². The van der Waals surface area contributed by atoms with Gasteiger partial charge in [0.25, 0.3) is 0 Å². The molecule has 1 N–H and O–H groups in total. The van der Waals surface area contributed by atoms with Crippen LogP contribution < -0.4 is 0 Å². The number of nitrogens with zero attached hydrogens (tertiary/aromatic N) is 2. The number of alkyl halides is 3. The molecule has 0 aliphatic carbocycles. The molecule has 1 aliphatic rings. The van der Waals surface area contributed by atoms with Crippen molar-refractivity contribution in [3.8, 4) is 0 Å². The number of hydrogen-bond acceptors (Lipinski definition) is 3. The molecule has 0 unspecified atom stereocenters. The van der Waals surface area contributed by atoms with Crippen LogP contribution in [-0.4, -0.2) is 53.0 Å². The van der Waals surface area contributed by atoms with Gasteiger partial charge in [0.05, 0.1) is 11.5 Å². The molecule has 0 bridgehead atoms. The highest BCUT2D eigenvalue weighted by atomic mass is 19.4. The van der Waals surface area contributed by atoms with Crippen molar-refractivity contribution >= 4 is 11.9 Å². The maximum atomic E-state index is 13.1. The zero-order valence-electron chi connectivity index (χ0n) is 14.8. The summed E-state index contributed by atoms with van der Waals surface area (Å²) in [7, 11) is 0. The van der Waals surface area contributed by atoms with Gasteiger partial charge in [-0.15, -0.1) is 0 Å². The lowest BCUT2D eigenvalue weighted by Crippen LogP contribution is -2.42. The van der Waals surface area contributed by atoms with E-state index < -0.39 is 29.7 Å². The van der Waals surface area contributed by atoms with Crippen LogP contribution in [0.3, 0.4) is 0 Å². The summed E-state index contributed by atoms with van der Waals surface area (Å²) in [6.45, 7) is 5.03. The summed E-state index contributed by atoms with van der Waals surface area (Å²) in [5.74, 6) is -1.94. The fourth-order valence-corrected chi connectivity index (χ4v) is 3.32. The first kappa shape index (κ1) is 20.2. The first-order valence-electron chi connectivity index (χ1n) is 8.61. The molecule has 1 aromatic carbocycles. The van der Waals surface area contributed by atoms with E-state index in [1.165, 1.54) is 17.0 Å². The lowest BCUT2D eigenvalue weighted by atomic mass is 10.0. The molecular weight excluding hydrogens is 349 g/mol. The molecule has 2 rings (SSSR count). The van der Waals surface area contributed by atoms with Gasteiger partial charge in [-0.25, -0.2) is 0 Å². The van der Waals surface area contributed by atoms with Gasteiger partial charge in [-0.05, 0) is 37.2 Å². The number of amides is 1. The van der Waals surface area contributed by atoms with Gasteiger partial charge < -0.3 is 10.0 Å². The molecule has 0 aromatic heterocycles. The van der Waals surface area contributed by atoms with E-state index >= 15 is 0 Å². The molecule has 1 aliphatic heterocycles. The fourth-order valence-electron chi connectivity index (χ4n) is 3.32. The van der Waals surface area contributed by atoms with Crippen molar-refractivity contribution in [1.29, 1.82) is 0 Å². The zero-order valence-corrected chi connectivity index (χ0v) is 14.8. The van der Waals surface area contributed by atoms with Crippen LogP contribution in [-0.2, 0) is 15.8 Å². The van der Waals surface area contributed by atoms with Crippen molar-refractivity contribution < 1.29 is 27.9 Å². The van der Waals surface area contributed by atoms with Gasteiger partial charge in [0.1, 0.15) is 6.04 Å². The third kappa shape index (κ3) is 4.35. The normalized spacial score (nSPS) is 19.0. The second-order valence-electron chi connectivity index (χ2n) is 6.36. The Balaban J connectivity index is 2.36. The number of benzene rings is 1. The molecule has 0 radical (unpaired) electrons. The summed E-state index contributed by atoms with van der Waals surface area (Å²) in [6.07, 6.45) is -4.14. The maximum absolute atomic E-state index is 13.1. The summed E-state index contributed by atoms with van der Waals surface area (Å²) < 4.78 is 39.2. The van der Waals surface area contributed by atoms with Crippen LogP contribution in [0.15, 0.2) is 24.3 Å².